The second kappa shape index (κ2) is 6.63. The zero-order valence-electron chi connectivity index (χ0n) is 11.7. The first-order chi connectivity index (χ1) is 10.0. The average molecular weight is 302 g/mol. The van der Waals surface area contributed by atoms with E-state index >= 15 is 0 Å². The van der Waals surface area contributed by atoms with Gasteiger partial charge in [0.1, 0.15) is 11.1 Å². The van der Waals surface area contributed by atoms with Crippen LogP contribution in [0.2, 0.25) is 0 Å². The molecule has 3 unspecified atom stereocenters. The lowest BCUT2D eigenvalue weighted by Crippen LogP contribution is -2.27. The van der Waals surface area contributed by atoms with Crippen molar-refractivity contribution in [3.63, 3.8) is 0 Å². The number of carbonyl (C=O) groups is 1. The van der Waals surface area contributed by atoms with Crippen molar-refractivity contribution >= 4 is 24.4 Å². The summed E-state index contributed by atoms with van der Waals surface area (Å²) in [4.78, 5) is 15.5. The molecule has 0 saturated carbocycles. The third-order valence-corrected chi connectivity index (χ3v) is 4.19. The predicted molar refractivity (Wildman–Crippen MR) is 86.7 cm³/mol. The quantitative estimate of drug-likeness (QED) is 0.742. The molecule has 0 saturated heterocycles. The van der Waals surface area contributed by atoms with Crippen LogP contribution in [0.3, 0.4) is 0 Å². The summed E-state index contributed by atoms with van der Waals surface area (Å²) < 4.78 is 0. The van der Waals surface area contributed by atoms with Crippen molar-refractivity contribution in [1.82, 2.24) is 4.98 Å². The van der Waals surface area contributed by atoms with Crippen molar-refractivity contribution in [2.45, 2.75) is 24.0 Å². The van der Waals surface area contributed by atoms with Gasteiger partial charge in [-0.15, -0.1) is 0 Å². The van der Waals surface area contributed by atoms with Crippen molar-refractivity contribution in [3.8, 4) is 0 Å². The Morgan fingerprint density at radius 3 is 2.38 bits per heavy atom. The highest BCUT2D eigenvalue weighted by atomic mass is 32.1. The van der Waals surface area contributed by atoms with Crippen LogP contribution >= 0.6 is 12.6 Å². The van der Waals surface area contributed by atoms with Gasteiger partial charge in [0.2, 0.25) is 0 Å². The Bertz CT molecular complexity index is 601. The maximum atomic E-state index is 11.4. The van der Waals surface area contributed by atoms with E-state index in [-0.39, 0.29) is 11.8 Å². The van der Waals surface area contributed by atoms with Gasteiger partial charge in [-0.3, -0.25) is 4.79 Å². The summed E-state index contributed by atoms with van der Waals surface area (Å²) in [5.74, 6) is -0.824. The van der Waals surface area contributed by atoms with E-state index in [9.17, 15) is 9.90 Å². The number of carboxylic acid groups (broad SMARTS) is 1. The van der Waals surface area contributed by atoms with Crippen molar-refractivity contribution in [1.29, 1.82) is 0 Å². The number of thiol groups is 1. The van der Waals surface area contributed by atoms with Crippen LogP contribution in [0.4, 0.5) is 5.82 Å². The molecule has 1 heterocycles. The smallest absolute Gasteiger partial charge is 0.317 e. The van der Waals surface area contributed by atoms with Crippen molar-refractivity contribution in [2.75, 3.05) is 5.73 Å². The number of nitrogens with two attached hydrogens (primary N) is 1. The molecule has 0 fully saturated rings. The third-order valence-electron chi connectivity index (χ3n) is 3.65. The Kier molecular flexibility index (Phi) is 4.85. The molecule has 5 heteroatoms. The molecular weight excluding hydrogens is 284 g/mol. The molecule has 3 atom stereocenters. The Morgan fingerprint density at radius 1 is 1.19 bits per heavy atom. The minimum Gasteiger partial charge on any atom is -0.480 e. The van der Waals surface area contributed by atoms with E-state index < -0.39 is 11.2 Å². The summed E-state index contributed by atoms with van der Waals surface area (Å²) in [6.07, 6.45) is 1.63. The SMILES string of the molecule is CC(c1ccccc1)C(c1ccc(N)nc1)C(S)C(=O)O. The minimum absolute atomic E-state index is 0.00442. The molecule has 0 spiro atoms. The Morgan fingerprint density at radius 2 is 1.86 bits per heavy atom. The molecule has 0 aliphatic carbocycles. The summed E-state index contributed by atoms with van der Waals surface area (Å²) in [6, 6.07) is 13.3. The summed E-state index contributed by atoms with van der Waals surface area (Å²) in [7, 11) is 0. The fourth-order valence-electron chi connectivity index (χ4n) is 2.48. The van der Waals surface area contributed by atoms with Crippen LogP contribution in [0.1, 0.15) is 29.9 Å². The highest BCUT2D eigenvalue weighted by Crippen LogP contribution is 2.37. The number of carboxylic acids is 1. The van der Waals surface area contributed by atoms with Gasteiger partial charge in [0.25, 0.3) is 0 Å². The van der Waals surface area contributed by atoms with E-state index in [1.807, 2.05) is 43.3 Å². The number of nitrogen functional groups attached to an aromatic ring is 1. The van der Waals surface area contributed by atoms with E-state index in [0.717, 1.165) is 11.1 Å². The number of hydrogen-bond donors (Lipinski definition) is 3. The average Bonchev–Trinajstić information content (AvgIpc) is 2.50. The zero-order valence-corrected chi connectivity index (χ0v) is 12.6. The van der Waals surface area contributed by atoms with Crippen LogP contribution in [0.5, 0.6) is 0 Å². The number of pyridine rings is 1. The maximum Gasteiger partial charge on any atom is 0.317 e. The molecule has 2 rings (SSSR count). The van der Waals surface area contributed by atoms with Gasteiger partial charge in [0, 0.05) is 12.1 Å². The Labute approximate surface area is 129 Å². The third kappa shape index (κ3) is 3.55. The predicted octanol–water partition coefficient (Wildman–Crippen LogP) is 2.93. The Hall–Kier alpha value is -2.01. The molecule has 0 bridgehead atoms. The van der Waals surface area contributed by atoms with Crippen LogP contribution in [0, 0.1) is 0 Å². The molecule has 0 radical (unpaired) electrons. The largest absolute Gasteiger partial charge is 0.480 e. The summed E-state index contributed by atoms with van der Waals surface area (Å²) >= 11 is 4.29. The van der Waals surface area contributed by atoms with Gasteiger partial charge in [-0.05, 0) is 23.1 Å². The van der Waals surface area contributed by atoms with E-state index in [2.05, 4.69) is 17.6 Å². The highest BCUT2D eigenvalue weighted by Gasteiger charge is 2.32. The molecule has 1 aromatic heterocycles. The van der Waals surface area contributed by atoms with Crippen LogP contribution in [-0.4, -0.2) is 21.3 Å². The minimum atomic E-state index is -0.942. The number of benzene rings is 1. The fourth-order valence-corrected chi connectivity index (χ4v) is 2.91. The van der Waals surface area contributed by atoms with E-state index in [1.165, 1.54) is 0 Å². The van der Waals surface area contributed by atoms with Gasteiger partial charge in [0.05, 0.1) is 0 Å². The first-order valence-corrected chi connectivity index (χ1v) is 7.19. The van der Waals surface area contributed by atoms with E-state index in [1.54, 1.807) is 12.3 Å². The molecule has 4 nitrogen and oxygen atoms in total. The molecule has 0 aliphatic heterocycles. The molecule has 21 heavy (non-hydrogen) atoms. The second-order valence-electron chi connectivity index (χ2n) is 5.02. The standard InChI is InChI=1S/C16H18N2O2S/c1-10(11-5-3-2-4-6-11)14(15(21)16(19)20)12-7-8-13(17)18-9-12/h2-10,14-15,21H,1H3,(H2,17,18)(H,19,20). The molecule has 3 N–H and O–H groups in total. The molecular formula is C16H18N2O2S. The van der Waals surface area contributed by atoms with Gasteiger partial charge >= 0.3 is 5.97 Å². The molecule has 2 aromatic rings. The summed E-state index contributed by atoms with van der Waals surface area (Å²) in [6.45, 7) is 2.00. The van der Waals surface area contributed by atoms with Gasteiger partial charge in [-0.2, -0.15) is 12.6 Å². The van der Waals surface area contributed by atoms with Gasteiger partial charge < -0.3 is 10.8 Å². The molecule has 1 aromatic carbocycles. The normalized spacial score (nSPS) is 15.1. The molecule has 110 valence electrons. The highest BCUT2D eigenvalue weighted by molar-refractivity contribution is 7.81. The zero-order chi connectivity index (χ0) is 15.4. The second-order valence-corrected chi connectivity index (χ2v) is 5.58. The van der Waals surface area contributed by atoms with Crippen LogP contribution in [-0.2, 0) is 4.79 Å². The molecule has 0 amide bonds. The number of hydrogen-bond acceptors (Lipinski definition) is 4. The van der Waals surface area contributed by atoms with Gasteiger partial charge in [0.15, 0.2) is 0 Å². The van der Waals surface area contributed by atoms with Crippen molar-refractivity contribution in [3.05, 3.63) is 59.8 Å². The van der Waals surface area contributed by atoms with Crippen LogP contribution in [0.15, 0.2) is 48.7 Å². The lowest BCUT2D eigenvalue weighted by molar-refractivity contribution is -0.136. The number of aliphatic carboxylic acids is 1. The maximum absolute atomic E-state index is 11.4. The van der Waals surface area contributed by atoms with Crippen molar-refractivity contribution < 1.29 is 9.90 Å². The van der Waals surface area contributed by atoms with Crippen molar-refractivity contribution in [2.24, 2.45) is 0 Å². The van der Waals surface area contributed by atoms with Crippen LogP contribution in [0.25, 0.3) is 0 Å². The number of anilines is 1. The first-order valence-electron chi connectivity index (χ1n) is 6.68. The fraction of sp³-hybridized carbons (Fsp3) is 0.250. The first kappa shape index (κ1) is 15.4. The number of nitrogens with zero attached hydrogens (tertiary/aromatic N) is 1. The van der Waals surface area contributed by atoms with Gasteiger partial charge in [-0.25, -0.2) is 4.98 Å². The Balaban J connectivity index is 2.41. The molecule has 0 aliphatic rings. The lowest BCUT2D eigenvalue weighted by Gasteiger charge is -2.27. The van der Waals surface area contributed by atoms with Crippen LogP contribution < -0.4 is 5.73 Å². The topological polar surface area (TPSA) is 76.2 Å². The number of aromatic nitrogens is 1. The number of rotatable bonds is 5. The van der Waals surface area contributed by atoms with E-state index in [4.69, 9.17) is 5.73 Å². The van der Waals surface area contributed by atoms with E-state index in [0.29, 0.717) is 5.82 Å². The van der Waals surface area contributed by atoms with Gasteiger partial charge in [-0.1, -0.05) is 43.3 Å². The lowest BCUT2D eigenvalue weighted by atomic mass is 9.81. The summed E-state index contributed by atoms with van der Waals surface area (Å²) in [5.41, 5.74) is 7.49. The monoisotopic (exact) mass is 302 g/mol. The summed E-state index contributed by atoms with van der Waals surface area (Å²) in [5, 5.41) is 8.53.